The molecule has 1 aromatic heterocycles. The molecule has 0 spiro atoms. The Morgan fingerprint density at radius 3 is 2.93 bits per heavy atom. The van der Waals surface area contributed by atoms with E-state index in [1.807, 2.05) is 0 Å². The molecule has 1 aromatic carbocycles. The molecule has 0 radical (unpaired) electrons. The van der Waals surface area contributed by atoms with Crippen molar-refractivity contribution in [3.63, 3.8) is 0 Å². The number of rotatable bonds is 1. The zero-order valence-corrected chi connectivity index (χ0v) is 9.49. The fourth-order valence-electron chi connectivity index (χ4n) is 1.20. The van der Waals surface area contributed by atoms with Crippen molar-refractivity contribution in [2.24, 2.45) is 0 Å². The van der Waals surface area contributed by atoms with Crippen LogP contribution in [-0.2, 0) is 0 Å². The Kier molecular flexibility index (Phi) is 2.26. The number of hydrogen-bond acceptors (Lipinski definition) is 4. The Morgan fingerprint density at radius 1 is 1.57 bits per heavy atom. The number of hydrogen-bond donors (Lipinski definition) is 0. The molecule has 0 atom stereocenters. The second-order valence-corrected chi connectivity index (χ2v) is 4.24. The van der Waals surface area contributed by atoms with Gasteiger partial charge >= 0.3 is 89.9 Å². The molecule has 0 N–H and O–H groups in total. The van der Waals surface area contributed by atoms with Gasteiger partial charge in [0, 0.05) is 0 Å². The van der Waals surface area contributed by atoms with Crippen molar-refractivity contribution in [2.45, 2.75) is 6.92 Å². The van der Waals surface area contributed by atoms with Crippen LogP contribution in [0.1, 0.15) is 5.56 Å². The summed E-state index contributed by atoms with van der Waals surface area (Å²) < 4.78 is 8.07. The molecule has 0 bridgehead atoms. The van der Waals surface area contributed by atoms with Crippen LogP contribution < -0.4 is 0 Å². The molecule has 2 aromatic rings. The maximum absolute atomic E-state index is 10.8. The van der Waals surface area contributed by atoms with Gasteiger partial charge in [-0.2, -0.15) is 0 Å². The maximum atomic E-state index is 10.8. The first-order valence-corrected chi connectivity index (χ1v) is 5.58. The van der Waals surface area contributed by atoms with Crippen molar-refractivity contribution in [3.8, 4) is 0 Å². The number of aromatic nitrogens is 2. The Bertz CT molecular complexity index is 525. The summed E-state index contributed by atoms with van der Waals surface area (Å²) in [4.78, 5) is 10.3. The topological polar surface area (TPSA) is 68.9 Å². The first-order valence-electron chi connectivity index (χ1n) is 3.67. The number of halogens is 1. The molecule has 0 fully saturated rings. The van der Waals surface area contributed by atoms with Gasteiger partial charge in [-0.05, 0) is 0 Å². The fourth-order valence-corrected chi connectivity index (χ4v) is 2.50. The van der Waals surface area contributed by atoms with Gasteiger partial charge in [-0.25, -0.2) is 0 Å². The van der Waals surface area contributed by atoms with Crippen molar-refractivity contribution in [3.05, 3.63) is 26.8 Å². The van der Waals surface area contributed by atoms with Gasteiger partial charge in [0.15, 0.2) is 0 Å². The summed E-state index contributed by atoms with van der Waals surface area (Å²) in [5.74, 6) is 0. The monoisotopic (exact) mass is 277 g/mol. The molecule has 7 heteroatoms. The summed E-state index contributed by atoms with van der Waals surface area (Å²) in [6.45, 7) is 1.61. The van der Waals surface area contributed by atoms with Gasteiger partial charge in [-0.1, -0.05) is 0 Å². The van der Waals surface area contributed by atoms with Gasteiger partial charge in [0.1, 0.15) is 0 Å². The summed E-state index contributed by atoms with van der Waals surface area (Å²) in [5.41, 5.74) is 1.34. The van der Waals surface area contributed by atoms with Crippen LogP contribution in [0.3, 0.4) is 0 Å². The van der Waals surface area contributed by atoms with Gasteiger partial charge in [-0.3, -0.25) is 0 Å². The predicted octanol–water partition coefficient (Wildman–Crippen LogP) is 1.56. The van der Waals surface area contributed by atoms with Gasteiger partial charge < -0.3 is 0 Å². The number of fused-ring (bicyclic) bond motifs is 1. The molecule has 1 heterocycles. The Balaban J connectivity index is 2.93. The van der Waals surface area contributed by atoms with E-state index in [-0.39, 0.29) is 20.6 Å². The van der Waals surface area contributed by atoms with E-state index < -0.39 is 4.92 Å². The number of nitrogens with zero attached hydrogens (tertiary/aromatic N) is 3. The van der Waals surface area contributed by atoms with Gasteiger partial charge in [0.05, 0.1) is 0 Å². The number of nitro benzene ring substituents is 1. The van der Waals surface area contributed by atoms with Gasteiger partial charge in [0.2, 0.25) is 0 Å². The SMILES string of the molecule is Cc1c(Cl)cc2n[se]nc2c1[N+](=O)[O-]. The van der Waals surface area contributed by atoms with Crippen LogP contribution in [0.2, 0.25) is 5.02 Å². The molecule has 14 heavy (non-hydrogen) atoms. The zero-order valence-electron chi connectivity index (χ0n) is 7.02. The van der Waals surface area contributed by atoms with Crippen molar-refractivity contribution < 1.29 is 4.92 Å². The van der Waals surface area contributed by atoms with E-state index in [4.69, 9.17) is 11.6 Å². The molecule has 0 aliphatic rings. The molecule has 0 aliphatic carbocycles. The summed E-state index contributed by atoms with van der Waals surface area (Å²) in [6.07, 6.45) is 0. The third-order valence-electron chi connectivity index (χ3n) is 1.90. The quantitative estimate of drug-likeness (QED) is 0.450. The van der Waals surface area contributed by atoms with E-state index in [1.165, 1.54) is 0 Å². The average Bonchev–Trinajstić information content (AvgIpc) is 2.52. The molecule has 0 saturated carbocycles. The molecular weight excluding hydrogens is 273 g/mol. The van der Waals surface area contributed by atoms with Crippen molar-refractivity contribution >= 4 is 43.3 Å². The van der Waals surface area contributed by atoms with E-state index >= 15 is 0 Å². The normalized spacial score (nSPS) is 10.7. The van der Waals surface area contributed by atoms with Crippen molar-refractivity contribution in [2.75, 3.05) is 0 Å². The second-order valence-electron chi connectivity index (χ2n) is 2.72. The van der Waals surface area contributed by atoms with E-state index in [1.54, 1.807) is 13.0 Å². The number of benzene rings is 1. The third kappa shape index (κ3) is 1.32. The van der Waals surface area contributed by atoms with Crippen LogP contribution in [-0.4, -0.2) is 27.8 Å². The summed E-state index contributed by atoms with van der Waals surface area (Å²) >= 11 is 5.57. The predicted molar refractivity (Wildman–Crippen MR) is 52.9 cm³/mol. The van der Waals surface area contributed by atoms with Crippen LogP contribution >= 0.6 is 11.6 Å². The first-order chi connectivity index (χ1) is 6.61. The molecule has 0 amide bonds. The van der Waals surface area contributed by atoms with Crippen molar-refractivity contribution in [1.29, 1.82) is 0 Å². The van der Waals surface area contributed by atoms with E-state index in [0.29, 0.717) is 21.6 Å². The van der Waals surface area contributed by atoms with Crippen LogP contribution in [0.25, 0.3) is 11.0 Å². The molecule has 0 unspecified atom stereocenters. The minimum atomic E-state index is -0.458. The third-order valence-corrected chi connectivity index (χ3v) is 3.43. The van der Waals surface area contributed by atoms with E-state index in [9.17, 15) is 10.1 Å². The van der Waals surface area contributed by atoms with Crippen LogP contribution in [0, 0.1) is 17.0 Å². The van der Waals surface area contributed by atoms with E-state index in [2.05, 4.69) is 7.96 Å². The second kappa shape index (κ2) is 3.31. The molecule has 0 saturated heterocycles. The Hall–Kier alpha value is -0.971. The fraction of sp³-hybridized carbons (Fsp3) is 0.143. The first kappa shape index (κ1) is 9.58. The van der Waals surface area contributed by atoms with E-state index in [0.717, 1.165) is 0 Å². The van der Waals surface area contributed by atoms with Crippen LogP contribution in [0.5, 0.6) is 0 Å². The minimum absolute atomic E-state index is 0.0179. The number of nitro groups is 1. The average molecular weight is 277 g/mol. The molecule has 0 aliphatic heterocycles. The summed E-state index contributed by atoms with van der Waals surface area (Å²) in [5, 5.41) is 11.2. The Morgan fingerprint density at radius 2 is 2.29 bits per heavy atom. The standard InChI is InChI=1S/C7H4ClN3O2Se/c1-3-4(8)2-5-6(10-14-9-5)7(3)11(12)13/h2H,1H3. The van der Waals surface area contributed by atoms with Gasteiger partial charge in [-0.15, -0.1) is 0 Å². The molecular formula is C7H4ClN3O2Se. The Labute approximate surface area is 90.1 Å². The summed E-state index contributed by atoms with van der Waals surface area (Å²) in [7, 11) is 0. The summed E-state index contributed by atoms with van der Waals surface area (Å²) in [6, 6.07) is 1.62. The zero-order chi connectivity index (χ0) is 10.3. The van der Waals surface area contributed by atoms with Gasteiger partial charge in [0.25, 0.3) is 0 Å². The van der Waals surface area contributed by atoms with Crippen LogP contribution in [0.15, 0.2) is 6.07 Å². The molecule has 2 rings (SSSR count). The molecule has 72 valence electrons. The van der Waals surface area contributed by atoms with Crippen LogP contribution in [0.4, 0.5) is 5.69 Å². The molecule has 5 nitrogen and oxygen atoms in total. The van der Waals surface area contributed by atoms with Crippen molar-refractivity contribution in [1.82, 2.24) is 7.96 Å².